The lowest BCUT2D eigenvalue weighted by molar-refractivity contribution is -0.137. The lowest BCUT2D eigenvalue weighted by Crippen LogP contribution is -2.38. The van der Waals surface area contributed by atoms with Gasteiger partial charge in [-0.05, 0) is 40.8 Å². The Hall–Kier alpha value is -2.05. The first-order valence-electron chi connectivity index (χ1n) is 8.06. The SMILES string of the molecule is CC(C)(C)CN1Oc2ccc(-c3cccc(C(F)(F)F)c3)cc2C1N. The van der Waals surface area contributed by atoms with Crippen LogP contribution in [0.25, 0.3) is 11.1 Å². The van der Waals surface area contributed by atoms with Crippen LogP contribution in [0, 0.1) is 5.41 Å². The zero-order valence-electron chi connectivity index (χ0n) is 14.4. The Morgan fingerprint density at radius 1 is 1.04 bits per heavy atom. The highest BCUT2D eigenvalue weighted by Gasteiger charge is 2.33. The molecule has 0 bridgehead atoms. The molecule has 1 heterocycles. The van der Waals surface area contributed by atoms with Gasteiger partial charge >= 0.3 is 6.18 Å². The number of hydrogen-bond acceptors (Lipinski definition) is 3. The molecule has 134 valence electrons. The van der Waals surface area contributed by atoms with Gasteiger partial charge in [-0.15, -0.1) is 5.06 Å². The van der Waals surface area contributed by atoms with E-state index in [1.54, 1.807) is 29.3 Å². The van der Waals surface area contributed by atoms with Crippen molar-refractivity contribution in [1.82, 2.24) is 5.06 Å². The molecule has 3 nitrogen and oxygen atoms in total. The molecule has 3 rings (SSSR count). The van der Waals surface area contributed by atoms with Crippen LogP contribution in [0.4, 0.5) is 13.2 Å². The van der Waals surface area contributed by atoms with Gasteiger partial charge in [-0.1, -0.05) is 39.0 Å². The van der Waals surface area contributed by atoms with E-state index < -0.39 is 17.9 Å². The van der Waals surface area contributed by atoms with Crippen LogP contribution < -0.4 is 10.6 Å². The standard InChI is InChI=1S/C19H21F3N2O/c1-18(2,3)11-24-17(23)15-10-13(7-8-16(15)25-24)12-5-4-6-14(9-12)19(20,21)22/h4-10,17H,11,23H2,1-3H3. The van der Waals surface area contributed by atoms with Gasteiger partial charge in [-0.25, -0.2) is 0 Å². The second-order valence-electron chi connectivity index (χ2n) is 7.50. The third kappa shape index (κ3) is 3.80. The minimum absolute atomic E-state index is 0.00350. The summed E-state index contributed by atoms with van der Waals surface area (Å²) in [6, 6.07) is 10.6. The molecule has 0 amide bonds. The second kappa shape index (κ2) is 6.04. The molecule has 0 aliphatic carbocycles. The summed E-state index contributed by atoms with van der Waals surface area (Å²) in [4.78, 5) is 5.79. The van der Waals surface area contributed by atoms with Crippen LogP contribution in [0.3, 0.4) is 0 Å². The van der Waals surface area contributed by atoms with Gasteiger partial charge < -0.3 is 10.6 Å². The van der Waals surface area contributed by atoms with E-state index in [0.717, 1.165) is 17.7 Å². The highest BCUT2D eigenvalue weighted by Crippen LogP contribution is 2.39. The summed E-state index contributed by atoms with van der Waals surface area (Å²) in [7, 11) is 0. The van der Waals surface area contributed by atoms with E-state index in [4.69, 9.17) is 10.6 Å². The van der Waals surface area contributed by atoms with Crippen molar-refractivity contribution in [1.29, 1.82) is 0 Å². The highest BCUT2D eigenvalue weighted by atomic mass is 19.4. The molecule has 0 radical (unpaired) electrons. The van der Waals surface area contributed by atoms with E-state index in [0.29, 0.717) is 23.4 Å². The van der Waals surface area contributed by atoms with Crippen molar-refractivity contribution in [3.8, 4) is 16.9 Å². The van der Waals surface area contributed by atoms with Crippen LogP contribution in [0.15, 0.2) is 42.5 Å². The van der Waals surface area contributed by atoms with Gasteiger partial charge in [0, 0.05) is 12.1 Å². The van der Waals surface area contributed by atoms with E-state index >= 15 is 0 Å². The molecule has 2 aromatic rings. The van der Waals surface area contributed by atoms with Crippen molar-refractivity contribution < 1.29 is 18.0 Å². The predicted molar refractivity (Wildman–Crippen MR) is 90.6 cm³/mol. The number of nitrogens with two attached hydrogens (primary N) is 1. The molecule has 25 heavy (non-hydrogen) atoms. The van der Waals surface area contributed by atoms with Crippen molar-refractivity contribution in [2.45, 2.75) is 33.1 Å². The maximum Gasteiger partial charge on any atom is 0.416 e. The average molecular weight is 350 g/mol. The van der Waals surface area contributed by atoms with E-state index in [-0.39, 0.29) is 5.41 Å². The van der Waals surface area contributed by atoms with Crippen LogP contribution in [0.2, 0.25) is 0 Å². The third-order valence-electron chi connectivity index (χ3n) is 4.01. The molecule has 0 aromatic heterocycles. The minimum Gasteiger partial charge on any atom is -0.404 e. The molecule has 0 saturated carbocycles. The van der Waals surface area contributed by atoms with Gasteiger partial charge in [-0.2, -0.15) is 13.2 Å². The molecule has 2 N–H and O–H groups in total. The zero-order valence-corrected chi connectivity index (χ0v) is 14.4. The molecule has 1 aliphatic rings. The maximum absolute atomic E-state index is 12.9. The topological polar surface area (TPSA) is 38.5 Å². The fourth-order valence-electron chi connectivity index (χ4n) is 2.85. The Balaban J connectivity index is 1.92. The highest BCUT2D eigenvalue weighted by molar-refractivity contribution is 5.67. The predicted octanol–water partition coefficient (Wildman–Crippen LogP) is 4.99. The average Bonchev–Trinajstić information content (AvgIpc) is 2.80. The Kier molecular flexibility index (Phi) is 4.29. The van der Waals surface area contributed by atoms with Crippen molar-refractivity contribution in [3.05, 3.63) is 53.6 Å². The Bertz CT molecular complexity index is 781. The molecule has 0 saturated heterocycles. The largest absolute Gasteiger partial charge is 0.416 e. The number of fused-ring (bicyclic) bond motifs is 1. The second-order valence-corrected chi connectivity index (χ2v) is 7.50. The van der Waals surface area contributed by atoms with Gasteiger partial charge in [0.1, 0.15) is 6.17 Å². The van der Waals surface area contributed by atoms with E-state index in [1.807, 2.05) is 0 Å². The Labute approximate surface area is 145 Å². The molecule has 6 heteroatoms. The van der Waals surface area contributed by atoms with E-state index in [9.17, 15) is 13.2 Å². The first-order chi connectivity index (χ1) is 11.5. The smallest absolute Gasteiger partial charge is 0.404 e. The molecule has 2 aromatic carbocycles. The van der Waals surface area contributed by atoms with E-state index in [2.05, 4.69) is 20.8 Å². The van der Waals surface area contributed by atoms with Gasteiger partial charge in [-0.3, -0.25) is 0 Å². The van der Waals surface area contributed by atoms with Crippen LogP contribution in [0.5, 0.6) is 5.75 Å². The number of alkyl halides is 3. The molecule has 1 aliphatic heterocycles. The number of halogens is 3. The maximum atomic E-state index is 12.9. The summed E-state index contributed by atoms with van der Waals surface area (Å²) in [5, 5.41) is 1.71. The van der Waals surface area contributed by atoms with Crippen LogP contribution in [-0.2, 0) is 6.18 Å². The van der Waals surface area contributed by atoms with Crippen LogP contribution in [0.1, 0.15) is 38.1 Å². The minimum atomic E-state index is -4.37. The summed E-state index contributed by atoms with van der Waals surface area (Å²) < 4.78 is 38.8. The van der Waals surface area contributed by atoms with Crippen molar-refractivity contribution >= 4 is 0 Å². The lowest BCUT2D eigenvalue weighted by Gasteiger charge is -2.27. The zero-order chi connectivity index (χ0) is 18.4. The van der Waals surface area contributed by atoms with Crippen LogP contribution >= 0.6 is 0 Å². The molecular formula is C19H21F3N2O. The number of hydroxylamine groups is 2. The summed E-state index contributed by atoms with van der Waals surface area (Å²) in [6.45, 7) is 6.89. The number of hydrogen-bond donors (Lipinski definition) is 1. The summed E-state index contributed by atoms with van der Waals surface area (Å²) in [6.07, 6.45) is -4.81. The number of nitrogens with zero attached hydrogens (tertiary/aromatic N) is 1. The van der Waals surface area contributed by atoms with Crippen molar-refractivity contribution in [2.75, 3.05) is 6.54 Å². The van der Waals surface area contributed by atoms with Crippen molar-refractivity contribution in [2.24, 2.45) is 11.1 Å². The molecule has 1 atom stereocenters. The van der Waals surface area contributed by atoms with Gasteiger partial charge in [0.25, 0.3) is 0 Å². The monoisotopic (exact) mass is 350 g/mol. The summed E-state index contributed by atoms with van der Waals surface area (Å²) in [5.41, 5.74) is 7.56. The molecule has 0 spiro atoms. The van der Waals surface area contributed by atoms with Gasteiger partial charge in [0.05, 0.1) is 5.56 Å². The quantitative estimate of drug-likeness (QED) is 0.830. The van der Waals surface area contributed by atoms with Gasteiger partial charge in [0.15, 0.2) is 5.75 Å². The third-order valence-corrected chi connectivity index (χ3v) is 4.01. The molecular weight excluding hydrogens is 329 g/mol. The molecule has 0 fully saturated rings. The number of rotatable bonds is 2. The first kappa shape index (κ1) is 17.8. The lowest BCUT2D eigenvalue weighted by atomic mass is 9.96. The Morgan fingerprint density at radius 3 is 2.36 bits per heavy atom. The molecule has 1 unspecified atom stereocenters. The van der Waals surface area contributed by atoms with Gasteiger partial charge in [0.2, 0.25) is 0 Å². The fourth-order valence-corrected chi connectivity index (χ4v) is 2.85. The first-order valence-corrected chi connectivity index (χ1v) is 8.06. The van der Waals surface area contributed by atoms with Crippen molar-refractivity contribution in [3.63, 3.8) is 0 Å². The van der Waals surface area contributed by atoms with E-state index in [1.165, 1.54) is 6.07 Å². The number of benzene rings is 2. The summed E-state index contributed by atoms with van der Waals surface area (Å²) in [5.74, 6) is 0.646. The fraction of sp³-hybridized carbons (Fsp3) is 0.368. The van der Waals surface area contributed by atoms with Crippen LogP contribution in [-0.4, -0.2) is 11.6 Å². The normalized spacial score (nSPS) is 18.1. The Morgan fingerprint density at radius 2 is 1.72 bits per heavy atom. The summed E-state index contributed by atoms with van der Waals surface area (Å²) >= 11 is 0.